The Balaban J connectivity index is 1.88. The number of thiazole rings is 1. The number of carbonyl (C=O) groups is 1. The number of aromatic nitrogens is 1. The minimum atomic E-state index is -0.709. The number of benzene rings is 2. The molecule has 3 aromatic rings. The smallest absolute Gasteiger partial charge is 0.338 e. The molecule has 4 rings (SSSR count). The van der Waals surface area contributed by atoms with Crippen LogP contribution in [0.25, 0.3) is 12.2 Å². The Labute approximate surface area is 194 Å². The lowest BCUT2D eigenvalue weighted by Crippen LogP contribution is -2.40. The topological polar surface area (TPSA) is 60.7 Å². The number of rotatable bonds is 5. The first-order valence-corrected chi connectivity index (χ1v) is 11.4. The van der Waals surface area contributed by atoms with Crippen LogP contribution in [0, 0.1) is 0 Å². The van der Waals surface area contributed by atoms with Crippen LogP contribution in [0.4, 0.5) is 0 Å². The van der Waals surface area contributed by atoms with Gasteiger partial charge in [-0.3, -0.25) is 9.36 Å². The third-order valence-corrected chi connectivity index (χ3v) is 6.40. The van der Waals surface area contributed by atoms with E-state index in [9.17, 15) is 9.59 Å². The lowest BCUT2D eigenvalue weighted by Gasteiger charge is -2.25. The van der Waals surface area contributed by atoms with Crippen LogP contribution in [0.3, 0.4) is 0 Å². The zero-order valence-corrected chi connectivity index (χ0v) is 19.2. The minimum absolute atomic E-state index is 0.222. The van der Waals surface area contributed by atoms with E-state index in [2.05, 4.69) is 4.99 Å². The fraction of sp³-hybridized carbons (Fsp3) is 0.160. The molecule has 0 radical (unpaired) electrons. The molecule has 162 valence electrons. The van der Waals surface area contributed by atoms with E-state index in [0.29, 0.717) is 31.2 Å². The Morgan fingerprint density at radius 3 is 2.62 bits per heavy atom. The summed E-state index contributed by atoms with van der Waals surface area (Å²) in [5.74, 6) is -0.503. The van der Waals surface area contributed by atoms with E-state index in [4.69, 9.17) is 16.3 Å². The van der Waals surface area contributed by atoms with E-state index < -0.39 is 12.0 Å². The van der Waals surface area contributed by atoms with Crippen molar-refractivity contribution in [2.24, 2.45) is 4.99 Å². The standard InChI is InChI=1S/C25H21ClN2O3S/c1-3-31-24(30)21-16(2)27-25-28(22(21)18-13-7-8-14-19(18)26)23(29)20(32-25)15-9-12-17-10-5-4-6-11-17/h4-15,22H,3H2,1-2H3/b12-9+,20-15+/t22-/m0/s1. The summed E-state index contributed by atoms with van der Waals surface area (Å²) in [6.45, 7) is 3.72. The monoisotopic (exact) mass is 464 g/mol. The highest BCUT2D eigenvalue weighted by Gasteiger charge is 2.34. The summed E-state index contributed by atoms with van der Waals surface area (Å²) in [5.41, 5.74) is 2.29. The number of esters is 1. The van der Waals surface area contributed by atoms with Crippen LogP contribution < -0.4 is 14.9 Å². The molecule has 0 saturated heterocycles. The van der Waals surface area contributed by atoms with E-state index in [1.54, 1.807) is 26.0 Å². The third kappa shape index (κ3) is 4.24. The first-order chi connectivity index (χ1) is 15.5. The Morgan fingerprint density at radius 1 is 1.19 bits per heavy atom. The number of halogens is 1. The van der Waals surface area contributed by atoms with E-state index in [1.807, 2.05) is 60.7 Å². The summed E-state index contributed by atoms with van der Waals surface area (Å²) >= 11 is 7.77. The average Bonchev–Trinajstić information content (AvgIpc) is 3.09. The van der Waals surface area contributed by atoms with Gasteiger partial charge in [-0.2, -0.15) is 0 Å². The highest BCUT2D eigenvalue weighted by atomic mass is 35.5. The maximum absolute atomic E-state index is 13.4. The van der Waals surface area contributed by atoms with Gasteiger partial charge in [-0.25, -0.2) is 9.79 Å². The molecule has 1 aliphatic rings. The highest BCUT2D eigenvalue weighted by molar-refractivity contribution is 7.07. The van der Waals surface area contributed by atoms with Crippen molar-refractivity contribution in [3.05, 3.63) is 108 Å². The lowest BCUT2D eigenvalue weighted by molar-refractivity contribution is -0.139. The highest BCUT2D eigenvalue weighted by Crippen LogP contribution is 2.34. The number of ether oxygens (including phenoxy) is 1. The number of hydrogen-bond donors (Lipinski definition) is 0. The van der Waals surface area contributed by atoms with Crippen molar-refractivity contribution in [2.45, 2.75) is 19.9 Å². The largest absolute Gasteiger partial charge is 0.463 e. The van der Waals surface area contributed by atoms with Crippen LogP contribution in [0.1, 0.15) is 31.0 Å². The van der Waals surface area contributed by atoms with Crippen molar-refractivity contribution in [1.29, 1.82) is 0 Å². The number of nitrogens with zero attached hydrogens (tertiary/aromatic N) is 2. The molecule has 0 fully saturated rings. The van der Waals surface area contributed by atoms with Gasteiger partial charge >= 0.3 is 5.97 Å². The third-order valence-electron chi connectivity index (χ3n) is 5.05. The van der Waals surface area contributed by atoms with Crippen molar-refractivity contribution in [2.75, 3.05) is 6.61 Å². The summed E-state index contributed by atoms with van der Waals surface area (Å²) in [5, 5.41) is 0.465. The Bertz CT molecular complexity index is 1400. The van der Waals surface area contributed by atoms with Gasteiger partial charge in [-0.05, 0) is 37.1 Å². The van der Waals surface area contributed by atoms with Crippen LogP contribution in [0.15, 0.2) is 81.7 Å². The summed E-state index contributed by atoms with van der Waals surface area (Å²) in [6.07, 6.45) is 5.54. The van der Waals surface area contributed by atoms with E-state index in [0.717, 1.165) is 5.56 Å². The molecule has 32 heavy (non-hydrogen) atoms. The Hall–Kier alpha value is -3.22. The van der Waals surface area contributed by atoms with Crippen LogP contribution in [0.2, 0.25) is 5.02 Å². The number of fused-ring (bicyclic) bond motifs is 1. The van der Waals surface area contributed by atoms with Gasteiger partial charge in [0.15, 0.2) is 4.80 Å². The summed E-state index contributed by atoms with van der Waals surface area (Å²) in [7, 11) is 0. The van der Waals surface area contributed by atoms with Crippen molar-refractivity contribution < 1.29 is 9.53 Å². The molecule has 1 atom stereocenters. The van der Waals surface area contributed by atoms with Gasteiger partial charge in [0.05, 0.1) is 22.4 Å². The fourth-order valence-electron chi connectivity index (χ4n) is 3.61. The Kier molecular flexibility index (Phi) is 6.53. The molecule has 0 aliphatic carbocycles. The first-order valence-electron chi connectivity index (χ1n) is 10.2. The van der Waals surface area contributed by atoms with Crippen LogP contribution in [-0.4, -0.2) is 17.1 Å². The van der Waals surface area contributed by atoms with Crippen molar-refractivity contribution in [1.82, 2.24) is 4.57 Å². The van der Waals surface area contributed by atoms with Crippen molar-refractivity contribution in [3.63, 3.8) is 0 Å². The second kappa shape index (κ2) is 9.51. The van der Waals surface area contributed by atoms with Gasteiger partial charge < -0.3 is 4.74 Å². The first kappa shape index (κ1) is 22.0. The Morgan fingerprint density at radius 2 is 1.91 bits per heavy atom. The molecule has 5 nitrogen and oxygen atoms in total. The van der Waals surface area contributed by atoms with E-state index in [1.165, 1.54) is 15.9 Å². The molecule has 1 aromatic heterocycles. The number of hydrogen-bond acceptors (Lipinski definition) is 5. The van der Waals surface area contributed by atoms with Crippen molar-refractivity contribution >= 4 is 41.1 Å². The normalized spacial score (nSPS) is 16.2. The summed E-state index contributed by atoms with van der Waals surface area (Å²) in [6, 6.07) is 16.3. The van der Waals surface area contributed by atoms with Crippen LogP contribution in [-0.2, 0) is 9.53 Å². The SMILES string of the molecule is CCOC(=O)C1=C(C)N=c2s/c(=C/C=C/c3ccccc3)c(=O)n2[C@H]1c1ccccc1Cl. The zero-order chi connectivity index (χ0) is 22.7. The molecule has 2 heterocycles. The molecule has 0 saturated carbocycles. The van der Waals surface area contributed by atoms with Gasteiger partial charge in [-0.1, -0.05) is 83.6 Å². The second-order valence-corrected chi connectivity index (χ2v) is 8.53. The average molecular weight is 465 g/mol. The van der Waals surface area contributed by atoms with Gasteiger partial charge in [0.2, 0.25) is 0 Å². The molecular weight excluding hydrogens is 444 g/mol. The van der Waals surface area contributed by atoms with Gasteiger partial charge in [0.25, 0.3) is 5.56 Å². The van der Waals surface area contributed by atoms with Crippen LogP contribution >= 0.6 is 22.9 Å². The quantitative estimate of drug-likeness (QED) is 0.534. The molecule has 1 aliphatic heterocycles. The number of allylic oxidation sites excluding steroid dienone is 2. The molecular formula is C25H21ClN2O3S. The van der Waals surface area contributed by atoms with Crippen LogP contribution in [0.5, 0.6) is 0 Å². The molecule has 2 aromatic carbocycles. The van der Waals surface area contributed by atoms with E-state index >= 15 is 0 Å². The molecule has 0 bridgehead atoms. The molecule has 0 amide bonds. The maximum atomic E-state index is 13.4. The van der Waals surface area contributed by atoms with Gasteiger partial charge in [-0.15, -0.1) is 0 Å². The van der Waals surface area contributed by atoms with Crippen molar-refractivity contribution in [3.8, 4) is 0 Å². The zero-order valence-electron chi connectivity index (χ0n) is 17.6. The molecule has 7 heteroatoms. The lowest BCUT2D eigenvalue weighted by atomic mass is 9.96. The minimum Gasteiger partial charge on any atom is -0.463 e. The molecule has 0 N–H and O–H groups in total. The van der Waals surface area contributed by atoms with Gasteiger partial charge in [0.1, 0.15) is 6.04 Å². The summed E-state index contributed by atoms with van der Waals surface area (Å²) < 4.78 is 7.34. The predicted molar refractivity (Wildman–Crippen MR) is 128 cm³/mol. The maximum Gasteiger partial charge on any atom is 0.338 e. The fourth-order valence-corrected chi connectivity index (χ4v) is 4.84. The molecule has 0 spiro atoms. The van der Waals surface area contributed by atoms with E-state index in [-0.39, 0.29) is 12.2 Å². The molecule has 0 unspecified atom stereocenters. The van der Waals surface area contributed by atoms with Gasteiger partial charge in [0, 0.05) is 5.02 Å². The predicted octanol–water partition coefficient (Wildman–Crippen LogP) is 4.12. The summed E-state index contributed by atoms with van der Waals surface area (Å²) in [4.78, 5) is 31.3. The second-order valence-electron chi connectivity index (χ2n) is 7.12. The number of carbonyl (C=O) groups excluding carboxylic acids is 1.